The van der Waals surface area contributed by atoms with Crippen LogP contribution in [-0.2, 0) is 14.3 Å². The second-order valence-corrected chi connectivity index (χ2v) is 6.77. The number of benzene rings is 1. The molecule has 23 heavy (non-hydrogen) atoms. The van der Waals surface area contributed by atoms with E-state index >= 15 is 0 Å². The van der Waals surface area contributed by atoms with Crippen LogP contribution >= 0.6 is 0 Å². The van der Waals surface area contributed by atoms with Crippen molar-refractivity contribution in [2.24, 2.45) is 11.3 Å². The summed E-state index contributed by atoms with van der Waals surface area (Å²) in [6.45, 7) is 3.74. The molecule has 1 aromatic rings. The van der Waals surface area contributed by atoms with Crippen molar-refractivity contribution in [3.05, 3.63) is 35.9 Å². The van der Waals surface area contributed by atoms with Gasteiger partial charge in [-0.2, -0.15) is 0 Å². The Morgan fingerprint density at radius 1 is 1.39 bits per heavy atom. The fourth-order valence-corrected chi connectivity index (χ4v) is 3.78. The Morgan fingerprint density at radius 3 is 2.78 bits per heavy atom. The van der Waals surface area contributed by atoms with E-state index in [-0.39, 0.29) is 17.7 Å². The molecule has 0 radical (unpaired) electrons. The van der Waals surface area contributed by atoms with Crippen LogP contribution in [0, 0.1) is 11.3 Å². The molecule has 0 bridgehead atoms. The number of fused-ring (bicyclic) bond motifs is 1. The lowest BCUT2D eigenvalue weighted by Gasteiger charge is -2.33. The maximum Gasteiger partial charge on any atom is 0.311 e. The van der Waals surface area contributed by atoms with Crippen molar-refractivity contribution in [2.45, 2.75) is 25.7 Å². The lowest BCUT2D eigenvalue weighted by Crippen LogP contribution is -2.45. The van der Waals surface area contributed by atoms with Gasteiger partial charge in [-0.25, -0.2) is 0 Å². The van der Waals surface area contributed by atoms with Crippen molar-refractivity contribution in [1.29, 1.82) is 0 Å². The lowest BCUT2D eigenvalue weighted by molar-refractivity contribution is -0.157. The average molecular weight is 317 g/mol. The minimum atomic E-state index is -0.816. The molecule has 0 spiro atoms. The first kappa shape index (κ1) is 16.0. The molecule has 2 heterocycles. The summed E-state index contributed by atoms with van der Waals surface area (Å²) in [6.07, 6.45) is 0.901. The molecule has 2 fully saturated rings. The van der Waals surface area contributed by atoms with Gasteiger partial charge in [0, 0.05) is 32.0 Å². The SMILES string of the molecule is CC(CC(=O)N1C[C@H]2COCC[C@@]2(C(=O)O)C1)c1ccccc1. The fraction of sp³-hybridized carbons (Fsp3) is 0.556. The van der Waals surface area contributed by atoms with E-state index in [4.69, 9.17) is 4.74 Å². The largest absolute Gasteiger partial charge is 0.481 e. The van der Waals surface area contributed by atoms with E-state index in [2.05, 4.69) is 0 Å². The summed E-state index contributed by atoms with van der Waals surface area (Å²) in [5, 5.41) is 9.67. The molecule has 3 atom stereocenters. The summed E-state index contributed by atoms with van der Waals surface area (Å²) in [4.78, 5) is 26.1. The number of ether oxygens (including phenoxy) is 1. The number of likely N-dealkylation sites (tertiary alicyclic amines) is 1. The molecule has 2 aliphatic heterocycles. The topological polar surface area (TPSA) is 66.8 Å². The van der Waals surface area contributed by atoms with Gasteiger partial charge in [0.1, 0.15) is 0 Å². The van der Waals surface area contributed by atoms with Crippen LogP contribution in [0.25, 0.3) is 0 Å². The summed E-state index contributed by atoms with van der Waals surface area (Å²) in [6, 6.07) is 9.94. The fourth-order valence-electron chi connectivity index (χ4n) is 3.78. The van der Waals surface area contributed by atoms with E-state index in [1.807, 2.05) is 37.3 Å². The molecule has 2 saturated heterocycles. The van der Waals surface area contributed by atoms with Gasteiger partial charge >= 0.3 is 5.97 Å². The predicted octanol–water partition coefficient (Wildman–Crippen LogP) is 2.13. The Kier molecular flexibility index (Phi) is 4.39. The van der Waals surface area contributed by atoms with E-state index in [9.17, 15) is 14.7 Å². The maximum absolute atomic E-state index is 12.6. The van der Waals surface area contributed by atoms with Crippen LogP contribution in [0.15, 0.2) is 30.3 Å². The minimum Gasteiger partial charge on any atom is -0.481 e. The van der Waals surface area contributed by atoms with Gasteiger partial charge in [0.05, 0.1) is 12.0 Å². The Bertz CT molecular complexity index is 588. The highest BCUT2D eigenvalue weighted by molar-refractivity contribution is 5.81. The summed E-state index contributed by atoms with van der Waals surface area (Å²) < 4.78 is 5.44. The first-order valence-electron chi connectivity index (χ1n) is 8.17. The van der Waals surface area contributed by atoms with E-state index in [1.165, 1.54) is 0 Å². The molecule has 5 nitrogen and oxygen atoms in total. The summed E-state index contributed by atoms with van der Waals surface area (Å²) in [5.41, 5.74) is 0.318. The Hall–Kier alpha value is -1.88. The quantitative estimate of drug-likeness (QED) is 0.924. The number of carboxylic acids is 1. The number of amides is 1. The van der Waals surface area contributed by atoms with Gasteiger partial charge < -0.3 is 14.7 Å². The number of hydrogen-bond donors (Lipinski definition) is 1. The highest BCUT2D eigenvalue weighted by Gasteiger charge is 2.54. The summed E-state index contributed by atoms with van der Waals surface area (Å²) >= 11 is 0. The van der Waals surface area contributed by atoms with Crippen LogP contribution in [0.5, 0.6) is 0 Å². The van der Waals surface area contributed by atoms with Crippen molar-refractivity contribution >= 4 is 11.9 Å². The number of carbonyl (C=O) groups is 2. The molecule has 2 aliphatic rings. The molecular weight excluding hydrogens is 294 g/mol. The highest BCUT2D eigenvalue weighted by Crippen LogP contribution is 2.42. The van der Waals surface area contributed by atoms with Gasteiger partial charge in [-0.3, -0.25) is 9.59 Å². The number of nitrogens with zero attached hydrogens (tertiary/aromatic N) is 1. The van der Waals surface area contributed by atoms with Crippen LogP contribution in [-0.4, -0.2) is 48.2 Å². The molecule has 124 valence electrons. The number of aliphatic carboxylic acids is 1. The normalized spacial score (nSPS) is 28.2. The van der Waals surface area contributed by atoms with Crippen molar-refractivity contribution < 1.29 is 19.4 Å². The summed E-state index contributed by atoms with van der Waals surface area (Å²) in [7, 11) is 0. The third-order valence-electron chi connectivity index (χ3n) is 5.33. The van der Waals surface area contributed by atoms with Crippen molar-refractivity contribution in [3.63, 3.8) is 0 Å². The predicted molar refractivity (Wildman–Crippen MR) is 85.0 cm³/mol. The third-order valence-corrected chi connectivity index (χ3v) is 5.33. The van der Waals surface area contributed by atoms with Crippen LogP contribution in [0.4, 0.5) is 0 Å². The Morgan fingerprint density at radius 2 is 2.13 bits per heavy atom. The zero-order chi connectivity index (χ0) is 16.4. The Balaban J connectivity index is 1.68. The number of carbonyl (C=O) groups excluding carboxylic acids is 1. The van der Waals surface area contributed by atoms with Crippen LogP contribution in [0.3, 0.4) is 0 Å². The molecular formula is C18H23NO4. The molecule has 1 unspecified atom stereocenters. The molecule has 3 rings (SSSR count). The smallest absolute Gasteiger partial charge is 0.311 e. The van der Waals surface area contributed by atoms with Gasteiger partial charge in [0.15, 0.2) is 0 Å². The molecule has 0 saturated carbocycles. The number of rotatable bonds is 4. The van der Waals surface area contributed by atoms with Crippen molar-refractivity contribution in [1.82, 2.24) is 4.90 Å². The monoisotopic (exact) mass is 317 g/mol. The zero-order valence-electron chi connectivity index (χ0n) is 13.4. The van der Waals surface area contributed by atoms with E-state index < -0.39 is 11.4 Å². The third kappa shape index (κ3) is 2.98. The van der Waals surface area contributed by atoms with E-state index in [0.717, 1.165) is 5.56 Å². The van der Waals surface area contributed by atoms with Gasteiger partial charge in [0.2, 0.25) is 5.91 Å². The minimum absolute atomic E-state index is 0.0383. The number of hydrogen-bond acceptors (Lipinski definition) is 3. The molecule has 5 heteroatoms. The second-order valence-electron chi connectivity index (χ2n) is 6.77. The maximum atomic E-state index is 12.6. The zero-order valence-corrected chi connectivity index (χ0v) is 13.4. The highest BCUT2D eigenvalue weighted by atomic mass is 16.5. The standard InChI is InChI=1S/C18H23NO4/c1-13(14-5-3-2-4-6-14)9-16(20)19-10-15-11-23-8-7-18(15,12-19)17(21)22/h2-6,13,15H,7-12H2,1H3,(H,21,22)/t13?,15-,18+/m0/s1. The van der Waals surface area contributed by atoms with E-state index in [1.54, 1.807) is 4.90 Å². The molecule has 0 aliphatic carbocycles. The van der Waals surface area contributed by atoms with Crippen LogP contribution in [0.1, 0.15) is 31.2 Å². The van der Waals surface area contributed by atoms with Gasteiger partial charge in [-0.1, -0.05) is 37.3 Å². The first-order valence-corrected chi connectivity index (χ1v) is 8.17. The molecule has 0 aromatic heterocycles. The van der Waals surface area contributed by atoms with Crippen LogP contribution < -0.4 is 0 Å². The first-order chi connectivity index (χ1) is 11.0. The van der Waals surface area contributed by atoms with Gasteiger partial charge in [0.25, 0.3) is 0 Å². The molecule has 1 aromatic carbocycles. The average Bonchev–Trinajstić information content (AvgIpc) is 2.97. The van der Waals surface area contributed by atoms with Gasteiger partial charge in [-0.05, 0) is 17.9 Å². The van der Waals surface area contributed by atoms with Gasteiger partial charge in [-0.15, -0.1) is 0 Å². The van der Waals surface area contributed by atoms with E-state index in [0.29, 0.717) is 39.1 Å². The Labute approximate surface area is 136 Å². The van der Waals surface area contributed by atoms with Crippen LogP contribution in [0.2, 0.25) is 0 Å². The summed E-state index contributed by atoms with van der Waals surface area (Å²) in [5.74, 6) is -0.721. The molecule has 1 N–H and O–H groups in total. The van der Waals surface area contributed by atoms with Crippen molar-refractivity contribution in [3.8, 4) is 0 Å². The number of carboxylic acid groups (broad SMARTS) is 1. The lowest BCUT2D eigenvalue weighted by atomic mass is 9.74. The second kappa shape index (κ2) is 6.32. The van der Waals surface area contributed by atoms with Crippen molar-refractivity contribution in [2.75, 3.05) is 26.3 Å². The molecule has 1 amide bonds.